The van der Waals surface area contributed by atoms with Gasteiger partial charge in [0.25, 0.3) is 0 Å². The van der Waals surface area contributed by atoms with Gasteiger partial charge < -0.3 is 23.9 Å². The van der Waals surface area contributed by atoms with E-state index in [1.165, 1.54) is 38.5 Å². The summed E-state index contributed by atoms with van der Waals surface area (Å²) in [6.07, 6.45) is 11.0. The molecule has 0 unspecified atom stereocenters. The standard InChI is InChI=1S/C10H19.BrH.Mg/c1-3-5-7-9-10-8-6-4-2;;/h3H,1-2,4-10H2;1H;/q-1;;+2/p-1. The van der Waals surface area contributed by atoms with Gasteiger partial charge in [-0.15, -0.1) is 6.58 Å². The summed E-state index contributed by atoms with van der Waals surface area (Å²) in [5.41, 5.74) is 0. The third kappa shape index (κ3) is 17.2. The molecule has 0 aromatic heterocycles. The average Bonchev–Trinajstić information content (AvgIpc) is 1.97. The summed E-state index contributed by atoms with van der Waals surface area (Å²) in [6.45, 7) is 7.49. The van der Waals surface area contributed by atoms with Gasteiger partial charge in [-0.25, -0.2) is 0 Å². The Morgan fingerprint density at radius 3 is 2.00 bits per heavy atom. The second kappa shape index (κ2) is 17.9. The fourth-order valence-corrected chi connectivity index (χ4v) is 0.996. The van der Waals surface area contributed by atoms with Gasteiger partial charge in [-0.05, 0) is 12.8 Å². The van der Waals surface area contributed by atoms with E-state index in [-0.39, 0.29) is 40.0 Å². The van der Waals surface area contributed by atoms with Crippen LogP contribution in [0.2, 0.25) is 0 Å². The summed E-state index contributed by atoms with van der Waals surface area (Å²) >= 11 is 0. The maximum Gasteiger partial charge on any atom is 2.00 e. The van der Waals surface area contributed by atoms with E-state index in [9.17, 15) is 0 Å². The first-order valence-corrected chi connectivity index (χ1v) is 4.32. The van der Waals surface area contributed by atoms with Gasteiger partial charge >= 0.3 is 23.1 Å². The molecule has 2 heteroatoms. The zero-order chi connectivity index (χ0) is 7.66. The first kappa shape index (κ1) is 18.7. The Labute approximate surface area is 104 Å². The molecule has 0 rings (SSSR count). The molecule has 0 heterocycles. The average molecular weight is 243 g/mol. The number of hydrogen-bond donors (Lipinski definition) is 0. The molecule has 0 aliphatic heterocycles. The maximum absolute atomic E-state index is 3.80. The molecular weight excluding hydrogens is 224 g/mol. The Morgan fingerprint density at radius 1 is 1.00 bits per heavy atom. The fraction of sp³-hybridized carbons (Fsp3) is 0.700. The van der Waals surface area contributed by atoms with Crippen LogP contribution < -0.4 is 17.0 Å². The molecule has 0 aromatic rings. The summed E-state index contributed by atoms with van der Waals surface area (Å²) in [4.78, 5) is 0. The van der Waals surface area contributed by atoms with Crippen molar-refractivity contribution in [3.05, 3.63) is 19.6 Å². The zero-order valence-corrected chi connectivity index (χ0v) is 11.0. The smallest absolute Gasteiger partial charge is 1.00 e. The normalized spacial score (nSPS) is 8.08. The van der Waals surface area contributed by atoms with Crippen molar-refractivity contribution < 1.29 is 17.0 Å². The Kier molecular flexibility index (Phi) is 27.9. The van der Waals surface area contributed by atoms with Crippen LogP contribution in [0, 0.1) is 6.92 Å². The molecule has 0 fully saturated rings. The second-order valence-electron chi connectivity index (χ2n) is 2.70. The van der Waals surface area contributed by atoms with Crippen LogP contribution in [0.1, 0.15) is 44.9 Å². The summed E-state index contributed by atoms with van der Waals surface area (Å²) in [6, 6.07) is 0. The van der Waals surface area contributed by atoms with Crippen LogP contribution in [0.25, 0.3) is 0 Å². The van der Waals surface area contributed by atoms with Gasteiger partial charge in [0.15, 0.2) is 0 Å². The number of allylic oxidation sites excluding steroid dienone is 1. The van der Waals surface area contributed by atoms with Crippen molar-refractivity contribution >= 4 is 23.1 Å². The van der Waals surface area contributed by atoms with Gasteiger partial charge in [0.2, 0.25) is 0 Å². The van der Waals surface area contributed by atoms with Crippen molar-refractivity contribution in [3.63, 3.8) is 0 Å². The van der Waals surface area contributed by atoms with Crippen molar-refractivity contribution in [2.24, 2.45) is 0 Å². The van der Waals surface area contributed by atoms with Crippen LogP contribution in [0.15, 0.2) is 12.7 Å². The molecule has 0 bridgehead atoms. The molecule has 0 aromatic carbocycles. The molecule has 0 amide bonds. The first-order chi connectivity index (χ1) is 4.91. The van der Waals surface area contributed by atoms with E-state index in [4.69, 9.17) is 0 Å². The van der Waals surface area contributed by atoms with Gasteiger partial charge in [0.1, 0.15) is 0 Å². The van der Waals surface area contributed by atoms with Crippen molar-refractivity contribution in [2.75, 3.05) is 0 Å². The van der Waals surface area contributed by atoms with Gasteiger partial charge in [0.05, 0.1) is 0 Å². The van der Waals surface area contributed by atoms with Gasteiger partial charge in [-0.2, -0.15) is 6.42 Å². The molecule has 0 nitrogen and oxygen atoms in total. The molecule has 0 N–H and O–H groups in total. The van der Waals surface area contributed by atoms with E-state index in [1.807, 2.05) is 6.08 Å². The molecular formula is C10H19BrMg. The minimum Gasteiger partial charge on any atom is -1.00 e. The molecule has 0 saturated carbocycles. The molecule has 0 saturated heterocycles. The Bertz CT molecular complexity index is 74.2. The van der Waals surface area contributed by atoms with Crippen LogP contribution in [-0.4, -0.2) is 23.1 Å². The quantitative estimate of drug-likeness (QED) is 0.262. The number of halogens is 1. The van der Waals surface area contributed by atoms with E-state index in [2.05, 4.69) is 13.5 Å². The summed E-state index contributed by atoms with van der Waals surface area (Å²) in [5.74, 6) is 0. The monoisotopic (exact) mass is 242 g/mol. The van der Waals surface area contributed by atoms with E-state index < -0.39 is 0 Å². The molecule has 0 atom stereocenters. The second-order valence-corrected chi connectivity index (χ2v) is 2.70. The summed E-state index contributed by atoms with van der Waals surface area (Å²) in [5, 5.41) is 0. The zero-order valence-electron chi connectivity index (χ0n) is 8.03. The van der Waals surface area contributed by atoms with Gasteiger partial charge in [-0.3, -0.25) is 0 Å². The Balaban J connectivity index is -0.000000405. The third-order valence-corrected chi connectivity index (χ3v) is 1.66. The molecule has 0 aliphatic carbocycles. The van der Waals surface area contributed by atoms with Crippen molar-refractivity contribution in [3.8, 4) is 0 Å². The Morgan fingerprint density at radius 2 is 1.50 bits per heavy atom. The molecule has 68 valence electrons. The van der Waals surface area contributed by atoms with Crippen molar-refractivity contribution in [1.29, 1.82) is 0 Å². The molecule has 0 spiro atoms. The SMILES string of the molecule is C=CCCCCCCC[CH2-].[Br-].[Mg+2]. The van der Waals surface area contributed by atoms with Crippen LogP contribution in [0.4, 0.5) is 0 Å². The van der Waals surface area contributed by atoms with Crippen LogP contribution in [-0.2, 0) is 0 Å². The van der Waals surface area contributed by atoms with Crippen LogP contribution >= 0.6 is 0 Å². The summed E-state index contributed by atoms with van der Waals surface area (Å²) in [7, 11) is 0. The number of rotatable bonds is 7. The minimum absolute atomic E-state index is 0. The number of hydrogen-bond acceptors (Lipinski definition) is 0. The van der Waals surface area contributed by atoms with E-state index >= 15 is 0 Å². The third-order valence-electron chi connectivity index (χ3n) is 1.66. The van der Waals surface area contributed by atoms with Crippen molar-refractivity contribution in [1.82, 2.24) is 0 Å². The van der Waals surface area contributed by atoms with Gasteiger partial charge in [-0.1, -0.05) is 31.8 Å². The Hall–Kier alpha value is 0.986. The number of unbranched alkanes of at least 4 members (excludes halogenated alkanes) is 6. The fourth-order valence-electron chi connectivity index (χ4n) is 0.996. The maximum atomic E-state index is 3.80. The van der Waals surface area contributed by atoms with E-state index in [0.717, 1.165) is 6.42 Å². The minimum atomic E-state index is 0. The molecule has 12 heavy (non-hydrogen) atoms. The molecule has 0 aliphatic rings. The topological polar surface area (TPSA) is 0 Å². The van der Waals surface area contributed by atoms with Crippen LogP contribution in [0.5, 0.6) is 0 Å². The van der Waals surface area contributed by atoms with Gasteiger partial charge in [0, 0.05) is 0 Å². The first-order valence-electron chi connectivity index (χ1n) is 4.32. The van der Waals surface area contributed by atoms with Crippen molar-refractivity contribution in [2.45, 2.75) is 44.9 Å². The molecule has 0 radical (unpaired) electrons. The van der Waals surface area contributed by atoms with Crippen LogP contribution in [0.3, 0.4) is 0 Å². The predicted octanol–water partition coefficient (Wildman–Crippen LogP) is 0.360. The largest absolute Gasteiger partial charge is 2.00 e. The van der Waals surface area contributed by atoms with E-state index in [1.54, 1.807) is 0 Å². The predicted molar refractivity (Wildman–Crippen MR) is 53.6 cm³/mol. The summed E-state index contributed by atoms with van der Waals surface area (Å²) < 4.78 is 0. The van der Waals surface area contributed by atoms with E-state index in [0.29, 0.717) is 0 Å².